The quantitative estimate of drug-likeness (QED) is 0.540. The molecule has 10 nitrogen and oxygen atoms in total. The van der Waals surface area contributed by atoms with E-state index in [0.29, 0.717) is 22.7 Å². The van der Waals surface area contributed by atoms with Gasteiger partial charge in [-0.15, -0.1) is 0 Å². The Kier molecular flexibility index (Phi) is 5.05. The first-order chi connectivity index (χ1) is 16.3. The lowest BCUT2D eigenvalue weighted by molar-refractivity contribution is -0.130. The van der Waals surface area contributed by atoms with E-state index in [9.17, 15) is 19.2 Å². The molecule has 2 saturated heterocycles. The molecular weight excluding hydrogens is 440 g/mol. The number of nitrogens with two attached hydrogens (primary N) is 1. The highest BCUT2D eigenvalue weighted by molar-refractivity contribution is 6.26. The second-order valence-corrected chi connectivity index (χ2v) is 8.62. The monoisotopic (exact) mass is 464 g/mol. The zero-order valence-corrected chi connectivity index (χ0v) is 18.7. The maximum atomic E-state index is 14.0. The maximum Gasteiger partial charge on any atom is 0.250 e. The number of fused-ring (bicyclic) bond motifs is 4. The fraction of sp³-hybridized carbons (Fsp3) is 0.333. The van der Waals surface area contributed by atoms with Crippen LogP contribution in [-0.2, 0) is 24.7 Å². The van der Waals surface area contributed by atoms with Gasteiger partial charge in [0.25, 0.3) is 0 Å². The smallest absolute Gasteiger partial charge is 0.250 e. The minimum atomic E-state index is -1.45. The molecule has 10 heteroatoms. The molecule has 4 amide bonds. The van der Waals surface area contributed by atoms with Crippen molar-refractivity contribution < 1.29 is 28.7 Å². The van der Waals surface area contributed by atoms with Gasteiger partial charge in [-0.2, -0.15) is 0 Å². The van der Waals surface area contributed by atoms with Gasteiger partial charge >= 0.3 is 0 Å². The first-order valence-electron chi connectivity index (χ1n) is 10.9. The second-order valence-electron chi connectivity index (χ2n) is 8.62. The Morgan fingerprint density at radius 3 is 2.56 bits per heavy atom. The first-order valence-corrected chi connectivity index (χ1v) is 10.9. The van der Waals surface area contributed by atoms with Crippen molar-refractivity contribution in [2.45, 2.75) is 24.4 Å². The van der Waals surface area contributed by atoms with Crippen LogP contribution in [-0.4, -0.2) is 43.9 Å². The number of methoxy groups -OCH3 is 2. The number of rotatable bonds is 6. The van der Waals surface area contributed by atoms with Crippen LogP contribution in [0.1, 0.15) is 18.4 Å². The van der Waals surface area contributed by atoms with Gasteiger partial charge in [0.15, 0.2) is 0 Å². The molecule has 2 aromatic carbocycles. The largest absolute Gasteiger partial charge is 0.497 e. The van der Waals surface area contributed by atoms with Crippen LogP contribution in [0.4, 0.5) is 11.4 Å². The summed E-state index contributed by atoms with van der Waals surface area (Å²) in [5.74, 6) is -3.08. The molecule has 3 heterocycles. The number of ether oxygens (including phenoxy) is 2. The summed E-state index contributed by atoms with van der Waals surface area (Å²) in [6, 6.07) is 11.3. The van der Waals surface area contributed by atoms with Gasteiger partial charge in [-0.25, -0.2) is 4.90 Å². The fourth-order valence-electron chi connectivity index (χ4n) is 5.51. The van der Waals surface area contributed by atoms with Gasteiger partial charge in [-0.05, 0) is 24.6 Å². The Labute approximate surface area is 195 Å². The van der Waals surface area contributed by atoms with E-state index in [2.05, 4.69) is 10.6 Å². The summed E-state index contributed by atoms with van der Waals surface area (Å²) in [5, 5.41) is 6.11. The van der Waals surface area contributed by atoms with Gasteiger partial charge in [0.2, 0.25) is 23.6 Å². The average molecular weight is 464 g/mol. The highest BCUT2D eigenvalue weighted by Gasteiger charge is 2.70. The van der Waals surface area contributed by atoms with E-state index in [4.69, 9.17) is 15.2 Å². The molecule has 5 rings (SSSR count). The normalized spacial score (nSPS) is 27.1. The van der Waals surface area contributed by atoms with E-state index >= 15 is 0 Å². The van der Waals surface area contributed by atoms with Crippen molar-refractivity contribution >= 4 is 35.0 Å². The summed E-state index contributed by atoms with van der Waals surface area (Å²) >= 11 is 0. The van der Waals surface area contributed by atoms with E-state index < -0.39 is 47.0 Å². The maximum absolute atomic E-state index is 14.0. The SMILES string of the molecule is COc1ccc(OC)c(N2C(=O)C3C(CCC(N)=O)NC4(C(=O)Nc5ccccc54)C3C2=O)c1. The van der Waals surface area contributed by atoms with Gasteiger partial charge in [0.05, 0.1) is 31.7 Å². The highest BCUT2D eigenvalue weighted by Crippen LogP contribution is 2.54. The topological polar surface area (TPSA) is 140 Å². The number of imide groups is 1. The number of anilines is 2. The Morgan fingerprint density at radius 2 is 1.85 bits per heavy atom. The Bertz CT molecular complexity index is 1230. The number of carbonyl (C=O) groups is 4. The lowest BCUT2D eigenvalue weighted by atomic mass is 9.76. The first kappa shape index (κ1) is 21.9. The molecule has 1 spiro atoms. The van der Waals surface area contributed by atoms with Crippen LogP contribution in [0.5, 0.6) is 11.5 Å². The van der Waals surface area contributed by atoms with E-state index in [1.807, 2.05) is 0 Å². The van der Waals surface area contributed by atoms with Gasteiger partial charge in [-0.3, -0.25) is 24.5 Å². The lowest BCUT2D eigenvalue weighted by Gasteiger charge is -2.29. The molecule has 34 heavy (non-hydrogen) atoms. The number of carbonyl (C=O) groups excluding carboxylic acids is 4. The zero-order valence-electron chi connectivity index (χ0n) is 18.7. The van der Waals surface area contributed by atoms with E-state index in [0.717, 1.165) is 4.90 Å². The summed E-state index contributed by atoms with van der Waals surface area (Å²) in [7, 11) is 2.92. The molecule has 0 aliphatic carbocycles. The molecule has 2 aromatic rings. The number of amides is 4. The van der Waals surface area contributed by atoms with Crippen LogP contribution < -0.4 is 30.7 Å². The van der Waals surface area contributed by atoms with Crippen LogP contribution in [0.3, 0.4) is 0 Å². The van der Waals surface area contributed by atoms with Crippen molar-refractivity contribution in [3.8, 4) is 11.5 Å². The molecule has 3 aliphatic heterocycles. The van der Waals surface area contributed by atoms with E-state index in [1.165, 1.54) is 14.2 Å². The predicted molar refractivity (Wildman–Crippen MR) is 121 cm³/mol. The summed E-state index contributed by atoms with van der Waals surface area (Å²) in [6.45, 7) is 0. The molecule has 0 radical (unpaired) electrons. The Hall–Kier alpha value is -3.92. The van der Waals surface area contributed by atoms with E-state index in [-0.39, 0.29) is 18.5 Å². The van der Waals surface area contributed by atoms with Crippen molar-refractivity contribution in [3.63, 3.8) is 0 Å². The molecule has 0 saturated carbocycles. The standard InChI is InChI=1S/C24H24N4O6/c1-33-12-7-9-17(34-2)16(11-12)28-21(30)19-15(8-10-18(25)29)27-24(20(19)22(28)31)13-5-3-4-6-14(13)26-23(24)32/h3-7,9,11,15,19-20,27H,8,10H2,1-2H3,(H2,25,29)(H,26,32). The third-order valence-electron chi connectivity index (χ3n) is 6.95. The molecule has 4 unspecified atom stereocenters. The van der Waals surface area contributed by atoms with Crippen molar-refractivity contribution in [1.29, 1.82) is 0 Å². The van der Waals surface area contributed by atoms with Crippen LogP contribution in [0.15, 0.2) is 42.5 Å². The second kappa shape index (κ2) is 7.84. The number of nitrogens with zero attached hydrogens (tertiary/aromatic N) is 1. The van der Waals surface area contributed by atoms with Crippen LogP contribution in [0, 0.1) is 11.8 Å². The highest BCUT2D eigenvalue weighted by atomic mass is 16.5. The molecule has 176 valence electrons. The lowest BCUT2D eigenvalue weighted by Crippen LogP contribution is -2.53. The molecule has 4 N–H and O–H groups in total. The van der Waals surface area contributed by atoms with Gasteiger partial charge in [0, 0.05) is 29.8 Å². The van der Waals surface area contributed by atoms with Gasteiger partial charge in [-0.1, -0.05) is 18.2 Å². The molecule has 4 atom stereocenters. The summed E-state index contributed by atoms with van der Waals surface area (Å²) < 4.78 is 10.7. The van der Waals surface area contributed by atoms with Crippen LogP contribution >= 0.6 is 0 Å². The van der Waals surface area contributed by atoms with Gasteiger partial charge in [0.1, 0.15) is 17.0 Å². The minimum Gasteiger partial charge on any atom is -0.497 e. The van der Waals surface area contributed by atoms with Crippen LogP contribution in [0.25, 0.3) is 0 Å². The number of nitrogens with one attached hydrogen (secondary N) is 2. The number of benzene rings is 2. The number of para-hydroxylation sites is 1. The van der Waals surface area contributed by atoms with Crippen molar-refractivity contribution in [2.24, 2.45) is 17.6 Å². The van der Waals surface area contributed by atoms with E-state index in [1.54, 1.807) is 42.5 Å². The molecule has 3 aliphatic rings. The molecule has 2 fully saturated rings. The summed E-state index contributed by atoms with van der Waals surface area (Å²) in [4.78, 5) is 53.8. The van der Waals surface area contributed by atoms with Crippen molar-refractivity contribution in [1.82, 2.24) is 5.32 Å². The summed E-state index contributed by atoms with van der Waals surface area (Å²) in [6.07, 6.45) is 0.208. The number of hydrogen-bond donors (Lipinski definition) is 3. The minimum absolute atomic E-state index is 0.00415. The van der Waals surface area contributed by atoms with Crippen molar-refractivity contribution in [3.05, 3.63) is 48.0 Å². The van der Waals surface area contributed by atoms with Gasteiger partial charge < -0.3 is 20.5 Å². The third-order valence-corrected chi connectivity index (χ3v) is 6.95. The predicted octanol–water partition coefficient (Wildman–Crippen LogP) is 0.894. The number of primary amides is 1. The average Bonchev–Trinajstić information content (AvgIpc) is 3.41. The van der Waals surface area contributed by atoms with Crippen molar-refractivity contribution in [2.75, 3.05) is 24.4 Å². The fourth-order valence-corrected chi connectivity index (χ4v) is 5.51. The Morgan fingerprint density at radius 1 is 1.09 bits per heavy atom. The molecule has 0 aromatic heterocycles. The summed E-state index contributed by atoms with van der Waals surface area (Å²) in [5.41, 5.74) is 5.33. The zero-order chi connectivity index (χ0) is 24.2. The van der Waals surface area contributed by atoms with Crippen LogP contribution in [0.2, 0.25) is 0 Å². The Balaban J connectivity index is 1.66. The molecular formula is C24H24N4O6. The molecule has 0 bridgehead atoms. The number of hydrogen-bond acceptors (Lipinski definition) is 7. The third kappa shape index (κ3) is 2.91.